The molecule has 0 saturated heterocycles. The Kier molecular flexibility index (Phi) is 3.74. The van der Waals surface area contributed by atoms with Gasteiger partial charge in [0.2, 0.25) is 0 Å². The number of pyridine rings is 1. The van der Waals surface area contributed by atoms with E-state index in [1.54, 1.807) is 0 Å². The third-order valence-electron chi connectivity index (χ3n) is 1.55. The molecule has 1 heterocycles. The van der Waals surface area contributed by atoms with Crippen LogP contribution in [0.3, 0.4) is 0 Å². The van der Waals surface area contributed by atoms with E-state index in [-0.39, 0.29) is 16.3 Å². The number of carbonyl (C=O) groups excluding carboxylic acids is 1. The van der Waals surface area contributed by atoms with Crippen LogP contribution in [-0.4, -0.2) is 39.7 Å². The minimum absolute atomic E-state index is 0.253. The molecule has 0 spiro atoms. The summed E-state index contributed by atoms with van der Waals surface area (Å²) in [7, 11) is 5.67. The van der Waals surface area contributed by atoms with E-state index in [0.717, 1.165) is 0 Å². The molecule has 0 atom stereocenters. The predicted molar refractivity (Wildman–Crippen MR) is 70.1 cm³/mol. The first-order chi connectivity index (χ1) is 6.79. The summed E-state index contributed by atoms with van der Waals surface area (Å²) in [4.78, 5) is 15.5. The second kappa shape index (κ2) is 4.50. The highest BCUT2D eigenvalue weighted by atomic mass is 35.5. The minimum Gasteiger partial charge on any atom is -0.370 e. The van der Waals surface area contributed by atoms with Gasteiger partial charge in [-0.05, 0) is 11.3 Å². The summed E-state index contributed by atoms with van der Waals surface area (Å²) < 4.78 is 0. The number of halogens is 2. The molecule has 1 rings (SSSR count). The molecule has 1 aromatic heterocycles. The van der Waals surface area contributed by atoms with Gasteiger partial charge in [0.1, 0.15) is 28.7 Å². The summed E-state index contributed by atoms with van der Waals surface area (Å²) in [6.07, 6.45) is 1.37. The van der Waals surface area contributed by atoms with Crippen LogP contribution in [0, 0.1) is 0 Å². The maximum Gasteiger partial charge on any atom is 0.252 e. The number of nitrogens with zero attached hydrogens (tertiary/aromatic N) is 1. The Hall–Kier alpha value is -0.605. The number of hydrogen-bond donors (Lipinski definition) is 1. The highest BCUT2D eigenvalue weighted by Gasteiger charge is 2.18. The average molecular weight is 241 g/mol. The van der Waals surface area contributed by atoms with Crippen molar-refractivity contribution >= 4 is 52.6 Å². The lowest BCUT2D eigenvalue weighted by Gasteiger charge is -2.20. The third kappa shape index (κ3) is 3.80. The molecule has 8 heteroatoms. The fourth-order valence-corrected chi connectivity index (χ4v) is 1.43. The van der Waals surface area contributed by atoms with Crippen LogP contribution < -0.4 is 5.32 Å². The maximum atomic E-state index is 11.7. The van der Waals surface area contributed by atoms with E-state index in [9.17, 15) is 4.79 Å². The number of aromatic nitrogens is 1. The SMILES string of the molecule is BC(B)(B)NC(=O)c1cnc(Cl)cc1Cl. The average Bonchev–Trinajstić information content (AvgIpc) is 1.99. The van der Waals surface area contributed by atoms with Crippen LogP contribution >= 0.6 is 23.2 Å². The van der Waals surface area contributed by atoms with Crippen LogP contribution in [0.2, 0.25) is 10.2 Å². The maximum absolute atomic E-state index is 11.7. The molecular weight excluding hydrogens is 231 g/mol. The normalized spacial score (nSPS) is 11.1. The molecule has 0 fully saturated rings. The Morgan fingerprint density at radius 3 is 2.47 bits per heavy atom. The van der Waals surface area contributed by atoms with Gasteiger partial charge in [-0.15, -0.1) is 0 Å². The molecule has 1 amide bonds. The topological polar surface area (TPSA) is 42.0 Å². The molecule has 3 nitrogen and oxygen atoms in total. The standard InChI is InChI=1S/C7H9B3Cl2N2O/c8-7(9,10)14-6(15)3-2-13-5(12)1-4(3)11/h1-2H,8-10H2,(H,14,15). The molecule has 0 aromatic carbocycles. The Morgan fingerprint density at radius 2 is 2.00 bits per heavy atom. The monoisotopic (exact) mass is 240 g/mol. The first-order valence-corrected chi connectivity index (χ1v) is 5.19. The quantitative estimate of drug-likeness (QED) is 0.512. The van der Waals surface area contributed by atoms with Gasteiger partial charge in [-0.1, -0.05) is 23.2 Å². The van der Waals surface area contributed by atoms with E-state index < -0.39 is 0 Å². The summed E-state index contributed by atoms with van der Waals surface area (Å²) in [6, 6.07) is 1.45. The number of hydrogen-bond acceptors (Lipinski definition) is 2. The zero-order chi connectivity index (χ0) is 11.6. The fraction of sp³-hybridized carbons (Fsp3) is 0.143. The van der Waals surface area contributed by atoms with E-state index >= 15 is 0 Å². The lowest BCUT2D eigenvalue weighted by Crippen LogP contribution is -2.50. The van der Waals surface area contributed by atoms with Crippen LogP contribution in [0.15, 0.2) is 12.3 Å². The van der Waals surface area contributed by atoms with Crippen LogP contribution in [0.4, 0.5) is 0 Å². The largest absolute Gasteiger partial charge is 0.370 e. The molecule has 76 valence electrons. The minimum atomic E-state index is -0.306. The van der Waals surface area contributed by atoms with Crippen molar-refractivity contribution in [3.05, 3.63) is 28.0 Å². The Morgan fingerprint density at radius 1 is 1.40 bits per heavy atom. The molecule has 0 aliphatic heterocycles. The van der Waals surface area contributed by atoms with Crippen molar-refractivity contribution in [2.75, 3.05) is 0 Å². The van der Waals surface area contributed by atoms with Gasteiger partial charge in [0.15, 0.2) is 0 Å². The summed E-state index contributed by atoms with van der Waals surface area (Å²) in [5.74, 6) is -0.253. The zero-order valence-corrected chi connectivity index (χ0v) is 10.3. The summed E-state index contributed by atoms with van der Waals surface area (Å²) >= 11 is 11.5. The van der Waals surface area contributed by atoms with Gasteiger partial charge in [0, 0.05) is 6.20 Å². The molecule has 0 bridgehead atoms. The lowest BCUT2D eigenvalue weighted by molar-refractivity contribution is 0.0952. The van der Waals surface area contributed by atoms with Crippen molar-refractivity contribution < 1.29 is 4.79 Å². The molecule has 0 aliphatic rings. The van der Waals surface area contributed by atoms with Gasteiger partial charge < -0.3 is 5.32 Å². The van der Waals surface area contributed by atoms with Gasteiger partial charge in [0.25, 0.3) is 5.91 Å². The van der Waals surface area contributed by atoms with E-state index in [1.165, 1.54) is 12.3 Å². The highest BCUT2D eigenvalue weighted by Crippen LogP contribution is 2.18. The van der Waals surface area contributed by atoms with Crippen LogP contribution in [0.25, 0.3) is 0 Å². The molecule has 1 N–H and O–H groups in total. The number of rotatable bonds is 2. The van der Waals surface area contributed by atoms with Crippen LogP contribution in [-0.2, 0) is 0 Å². The first kappa shape index (κ1) is 12.5. The van der Waals surface area contributed by atoms with Crippen LogP contribution in [0.5, 0.6) is 0 Å². The predicted octanol–water partition coefficient (Wildman–Crippen LogP) is -1.37. The van der Waals surface area contributed by atoms with Gasteiger partial charge in [-0.25, -0.2) is 4.98 Å². The van der Waals surface area contributed by atoms with E-state index in [4.69, 9.17) is 23.2 Å². The fourth-order valence-electron chi connectivity index (χ4n) is 0.982. The molecule has 1 aromatic rings. The highest BCUT2D eigenvalue weighted by molar-refractivity contribution is 6.60. The Labute approximate surface area is 101 Å². The number of nitrogens with one attached hydrogen (secondary N) is 1. The van der Waals surface area contributed by atoms with Gasteiger partial charge in [0.05, 0.1) is 10.6 Å². The zero-order valence-electron chi connectivity index (χ0n) is 8.77. The summed E-state index contributed by atoms with van der Waals surface area (Å²) in [5.41, 5.74) is 0.330. The molecule has 0 aliphatic carbocycles. The molecule has 0 unspecified atom stereocenters. The third-order valence-corrected chi connectivity index (χ3v) is 2.07. The van der Waals surface area contributed by atoms with Crippen molar-refractivity contribution in [3.8, 4) is 0 Å². The van der Waals surface area contributed by atoms with E-state index in [2.05, 4.69) is 10.3 Å². The lowest BCUT2D eigenvalue weighted by atomic mass is 9.49. The second-order valence-electron chi connectivity index (χ2n) is 4.19. The second-order valence-corrected chi connectivity index (χ2v) is 4.99. The number of carbonyl (C=O) groups is 1. The van der Waals surface area contributed by atoms with Crippen molar-refractivity contribution in [2.24, 2.45) is 0 Å². The van der Waals surface area contributed by atoms with Gasteiger partial charge in [-0.3, -0.25) is 4.79 Å². The Bertz CT molecular complexity index is 394. The van der Waals surface area contributed by atoms with Gasteiger partial charge in [-0.2, -0.15) is 0 Å². The molecule has 0 radical (unpaired) electrons. The van der Waals surface area contributed by atoms with Gasteiger partial charge >= 0.3 is 0 Å². The van der Waals surface area contributed by atoms with Crippen LogP contribution in [0.1, 0.15) is 10.4 Å². The molecule has 0 saturated carbocycles. The van der Waals surface area contributed by atoms with E-state index in [0.29, 0.717) is 10.6 Å². The molecular formula is C7H9B3Cl2N2O. The molecule has 15 heavy (non-hydrogen) atoms. The van der Waals surface area contributed by atoms with Crippen molar-refractivity contribution in [1.82, 2.24) is 10.3 Å². The number of amides is 1. The van der Waals surface area contributed by atoms with Crippen molar-refractivity contribution in [1.29, 1.82) is 0 Å². The van der Waals surface area contributed by atoms with E-state index in [1.807, 2.05) is 23.5 Å². The smallest absolute Gasteiger partial charge is 0.252 e. The summed E-state index contributed by atoms with van der Waals surface area (Å²) in [6.45, 7) is 0. The Balaban J connectivity index is 2.92. The van der Waals surface area contributed by atoms with Crippen molar-refractivity contribution in [2.45, 2.75) is 5.24 Å². The first-order valence-electron chi connectivity index (χ1n) is 4.43. The van der Waals surface area contributed by atoms with Crippen molar-refractivity contribution in [3.63, 3.8) is 0 Å². The summed E-state index contributed by atoms with van der Waals surface area (Å²) in [5, 5.41) is 3.06.